The van der Waals surface area contributed by atoms with E-state index in [4.69, 9.17) is 16.7 Å². The molecule has 0 saturated carbocycles. The molecule has 3 nitrogen and oxygen atoms in total. The topological polar surface area (TPSA) is 50.2 Å². The summed E-state index contributed by atoms with van der Waals surface area (Å²) >= 11 is 5.35. The van der Waals surface area contributed by atoms with Gasteiger partial charge < -0.3 is 5.11 Å². The van der Waals surface area contributed by atoms with Crippen molar-refractivity contribution < 1.29 is 23.1 Å². The molecule has 0 bridgehead atoms. The molecule has 0 saturated heterocycles. The number of pyridine rings is 1. The smallest absolute Gasteiger partial charge is 0.418 e. The molecule has 15 heavy (non-hydrogen) atoms. The van der Waals surface area contributed by atoms with Crippen LogP contribution in [0.2, 0.25) is 5.02 Å². The lowest BCUT2D eigenvalue weighted by atomic mass is 10.1. The van der Waals surface area contributed by atoms with Gasteiger partial charge in [0.05, 0.1) is 22.7 Å². The summed E-state index contributed by atoms with van der Waals surface area (Å²) in [5, 5.41) is 8.20. The number of aliphatic carboxylic acids is 1. The second-order valence-corrected chi connectivity index (χ2v) is 3.15. The van der Waals surface area contributed by atoms with Crippen LogP contribution in [0.5, 0.6) is 0 Å². The Hall–Kier alpha value is -1.30. The van der Waals surface area contributed by atoms with E-state index in [-0.39, 0.29) is 5.02 Å². The van der Waals surface area contributed by atoms with Crippen LogP contribution in [0.15, 0.2) is 12.3 Å². The van der Waals surface area contributed by atoms with E-state index in [2.05, 4.69) is 4.98 Å². The van der Waals surface area contributed by atoms with Crippen LogP contribution < -0.4 is 0 Å². The second-order valence-electron chi connectivity index (χ2n) is 2.72. The molecule has 1 aromatic rings. The number of carboxylic acid groups (broad SMARTS) is 1. The molecule has 1 heterocycles. The quantitative estimate of drug-likeness (QED) is 0.862. The van der Waals surface area contributed by atoms with Gasteiger partial charge in [-0.3, -0.25) is 9.78 Å². The Bertz CT molecular complexity index is 392. The molecule has 0 amide bonds. The normalized spacial score (nSPS) is 11.5. The van der Waals surface area contributed by atoms with Gasteiger partial charge in [0.2, 0.25) is 0 Å². The van der Waals surface area contributed by atoms with Crippen molar-refractivity contribution in [3.63, 3.8) is 0 Å². The summed E-state index contributed by atoms with van der Waals surface area (Å²) in [6, 6.07) is 0.660. The van der Waals surface area contributed by atoms with Gasteiger partial charge in [-0.2, -0.15) is 13.2 Å². The first kappa shape index (κ1) is 11.8. The predicted molar refractivity (Wildman–Crippen MR) is 45.6 cm³/mol. The Labute approximate surface area is 87.5 Å². The van der Waals surface area contributed by atoms with Crippen molar-refractivity contribution in [1.82, 2.24) is 4.98 Å². The second kappa shape index (κ2) is 4.06. The van der Waals surface area contributed by atoms with Crippen LogP contribution in [-0.4, -0.2) is 16.1 Å². The molecule has 0 radical (unpaired) electrons. The average Bonchev–Trinajstić information content (AvgIpc) is 2.05. The lowest BCUT2D eigenvalue weighted by molar-refractivity contribution is -0.140. The Morgan fingerprint density at radius 1 is 1.53 bits per heavy atom. The maximum atomic E-state index is 12.4. The lowest BCUT2D eigenvalue weighted by Gasteiger charge is -2.10. The van der Waals surface area contributed by atoms with E-state index >= 15 is 0 Å². The van der Waals surface area contributed by atoms with E-state index in [1.165, 1.54) is 0 Å². The molecular weight excluding hydrogens is 235 g/mol. The van der Waals surface area contributed by atoms with Crippen LogP contribution in [-0.2, 0) is 17.4 Å². The molecule has 0 aliphatic carbocycles. The minimum Gasteiger partial charge on any atom is -0.481 e. The minimum absolute atomic E-state index is 0.184. The van der Waals surface area contributed by atoms with Gasteiger partial charge in [-0.1, -0.05) is 11.6 Å². The molecule has 1 aromatic heterocycles. The molecular formula is C8H5ClF3NO2. The molecule has 82 valence electrons. The molecule has 1 rings (SSSR count). The fourth-order valence-corrected chi connectivity index (χ4v) is 1.16. The summed E-state index contributed by atoms with van der Waals surface area (Å²) in [4.78, 5) is 13.6. The molecule has 0 unspecified atom stereocenters. The van der Waals surface area contributed by atoms with Gasteiger partial charge in [0.1, 0.15) is 0 Å². The van der Waals surface area contributed by atoms with Crippen LogP contribution in [0.4, 0.5) is 13.2 Å². The number of halogens is 4. The maximum absolute atomic E-state index is 12.4. The maximum Gasteiger partial charge on any atom is 0.418 e. The average molecular weight is 240 g/mol. The molecule has 0 aliphatic rings. The Kier molecular flexibility index (Phi) is 3.18. The summed E-state index contributed by atoms with van der Waals surface area (Å²) in [6.45, 7) is 0. The zero-order chi connectivity index (χ0) is 11.6. The number of hydrogen-bond acceptors (Lipinski definition) is 2. The summed E-state index contributed by atoms with van der Waals surface area (Å²) in [5.74, 6) is -1.38. The van der Waals surface area contributed by atoms with Crippen molar-refractivity contribution in [1.29, 1.82) is 0 Å². The Balaban J connectivity index is 3.20. The van der Waals surface area contributed by atoms with E-state index in [1.54, 1.807) is 0 Å². The lowest BCUT2D eigenvalue weighted by Crippen LogP contribution is -2.13. The Morgan fingerprint density at radius 3 is 2.60 bits per heavy atom. The highest BCUT2D eigenvalue weighted by Gasteiger charge is 2.34. The molecule has 0 spiro atoms. The first-order chi connectivity index (χ1) is 6.80. The molecule has 7 heteroatoms. The van der Waals surface area contributed by atoms with Gasteiger partial charge in [-0.25, -0.2) is 0 Å². The molecule has 0 aromatic carbocycles. The van der Waals surface area contributed by atoms with Crippen molar-refractivity contribution in [2.45, 2.75) is 12.6 Å². The van der Waals surface area contributed by atoms with Crippen LogP contribution in [0, 0.1) is 0 Å². The van der Waals surface area contributed by atoms with E-state index in [9.17, 15) is 18.0 Å². The first-order valence-corrected chi connectivity index (χ1v) is 4.12. The summed E-state index contributed by atoms with van der Waals surface area (Å²) < 4.78 is 37.2. The predicted octanol–water partition coefficient (Wildman–Crippen LogP) is 2.38. The van der Waals surface area contributed by atoms with Gasteiger partial charge in [-0.15, -0.1) is 0 Å². The highest BCUT2D eigenvalue weighted by molar-refractivity contribution is 6.30. The number of nitrogens with zero attached hydrogens (tertiary/aromatic N) is 1. The van der Waals surface area contributed by atoms with Gasteiger partial charge in [0, 0.05) is 6.20 Å². The van der Waals surface area contributed by atoms with Crippen molar-refractivity contribution in [3.8, 4) is 0 Å². The van der Waals surface area contributed by atoms with Crippen LogP contribution in [0.3, 0.4) is 0 Å². The fraction of sp³-hybridized carbons (Fsp3) is 0.250. The van der Waals surface area contributed by atoms with E-state index in [1.807, 2.05) is 0 Å². The number of carbonyl (C=O) groups is 1. The summed E-state index contributed by atoms with van der Waals surface area (Å²) in [7, 11) is 0. The van der Waals surface area contributed by atoms with Crippen LogP contribution in [0.1, 0.15) is 11.3 Å². The van der Waals surface area contributed by atoms with Gasteiger partial charge in [-0.05, 0) is 6.07 Å². The Morgan fingerprint density at radius 2 is 2.13 bits per heavy atom. The van der Waals surface area contributed by atoms with E-state index in [0.29, 0.717) is 6.07 Å². The first-order valence-electron chi connectivity index (χ1n) is 3.74. The third-order valence-corrected chi connectivity index (χ3v) is 1.77. The molecule has 0 fully saturated rings. The zero-order valence-corrected chi connectivity index (χ0v) is 7.93. The molecule has 1 N–H and O–H groups in total. The highest BCUT2D eigenvalue weighted by atomic mass is 35.5. The number of rotatable bonds is 2. The van der Waals surface area contributed by atoms with Crippen LogP contribution >= 0.6 is 11.6 Å². The van der Waals surface area contributed by atoms with E-state index in [0.717, 1.165) is 6.20 Å². The number of carboxylic acids is 1. The van der Waals surface area contributed by atoms with Gasteiger partial charge in [0.25, 0.3) is 0 Å². The van der Waals surface area contributed by atoms with Gasteiger partial charge in [0.15, 0.2) is 0 Å². The zero-order valence-electron chi connectivity index (χ0n) is 7.18. The van der Waals surface area contributed by atoms with Crippen molar-refractivity contribution >= 4 is 17.6 Å². The SMILES string of the molecule is O=C(O)Cc1ncc(Cl)cc1C(F)(F)F. The summed E-state index contributed by atoms with van der Waals surface area (Å²) in [6.07, 6.45) is -4.45. The van der Waals surface area contributed by atoms with Crippen molar-refractivity contribution in [3.05, 3.63) is 28.5 Å². The van der Waals surface area contributed by atoms with Crippen molar-refractivity contribution in [2.24, 2.45) is 0 Å². The monoisotopic (exact) mass is 239 g/mol. The largest absolute Gasteiger partial charge is 0.481 e. The fourth-order valence-electron chi connectivity index (χ4n) is 0.997. The highest BCUT2D eigenvalue weighted by Crippen LogP contribution is 2.32. The third kappa shape index (κ3) is 3.09. The minimum atomic E-state index is -4.65. The number of aromatic nitrogens is 1. The van der Waals surface area contributed by atoms with E-state index < -0.39 is 29.8 Å². The number of alkyl halides is 3. The van der Waals surface area contributed by atoms with Crippen LogP contribution in [0.25, 0.3) is 0 Å². The molecule has 0 atom stereocenters. The van der Waals surface area contributed by atoms with Crippen molar-refractivity contribution in [2.75, 3.05) is 0 Å². The summed E-state index contributed by atoms with van der Waals surface area (Å²) in [5.41, 5.74) is -1.66. The van der Waals surface area contributed by atoms with Gasteiger partial charge >= 0.3 is 12.1 Å². The number of hydrogen-bond donors (Lipinski definition) is 1. The molecule has 0 aliphatic heterocycles. The standard InChI is InChI=1S/C8H5ClF3NO2/c9-4-1-5(8(10,11)12)6(13-3-4)2-7(14)15/h1,3H,2H2,(H,14,15). The third-order valence-electron chi connectivity index (χ3n) is 1.56.